The van der Waals surface area contributed by atoms with E-state index in [1.165, 1.54) is 14.6 Å². The van der Waals surface area contributed by atoms with Gasteiger partial charge in [0.15, 0.2) is 0 Å². The molecule has 0 bridgehead atoms. The largest absolute Gasteiger partial charge is 0.508 e. The number of hydrogen-bond acceptors (Lipinski definition) is 1. The molecule has 0 radical (unpaired) electrons. The molecule has 28 heavy (non-hydrogen) atoms. The maximum absolute atomic E-state index is 9.65. The minimum atomic E-state index is -1.50. The molecule has 1 nitrogen and oxygen atoms in total. The summed E-state index contributed by atoms with van der Waals surface area (Å²) < 4.78 is 1.42. The first-order valence-corrected chi connectivity index (χ1v) is 13.9. The minimum Gasteiger partial charge on any atom is -0.508 e. The van der Waals surface area contributed by atoms with Gasteiger partial charge in [0.25, 0.3) is 0 Å². The number of phenols is 1. The van der Waals surface area contributed by atoms with Gasteiger partial charge in [0.1, 0.15) is 5.75 Å². The summed E-state index contributed by atoms with van der Waals surface area (Å²) in [6.45, 7) is 24.4. The van der Waals surface area contributed by atoms with Crippen molar-refractivity contribution in [1.82, 2.24) is 0 Å². The van der Waals surface area contributed by atoms with Crippen molar-refractivity contribution in [2.24, 2.45) is 5.41 Å². The van der Waals surface area contributed by atoms with Crippen LogP contribution in [-0.4, -0.2) is 17.0 Å². The van der Waals surface area contributed by atoms with Gasteiger partial charge in [-0.25, -0.2) is 11.6 Å². The molecule has 1 N–H and O–H groups in total. The fourth-order valence-electron chi connectivity index (χ4n) is 2.48. The summed E-state index contributed by atoms with van der Waals surface area (Å²) >= 11 is 2.08. The van der Waals surface area contributed by atoms with E-state index in [1.54, 1.807) is 0 Å². The van der Waals surface area contributed by atoms with Crippen LogP contribution >= 0.6 is 0 Å². The molecule has 0 saturated heterocycles. The molecule has 1 aromatic rings. The minimum absolute atomic E-state index is 0.299. The molecular weight excluding hydrogens is 392 g/mol. The van der Waals surface area contributed by atoms with E-state index in [2.05, 4.69) is 113 Å². The summed E-state index contributed by atoms with van der Waals surface area (Å²) in [5.41, 5.74) is 2.80. The van der Waals surface area contributed by atoms with Crippen molar-refractivity contribution in [3.05, 3.63) is 47.6 Å². The second-order valence-corrected chi connectivity index (χ2v) is 17.3. The summed E-state index contributed by atoms with van der Waals surface area (Å²) in [7, 11) is -1.50. The summed E-state index contributed by atoms with van der Waals surface area (Å²) in [6.07, 6.45) is 8.63. The number of rotatable bonds is 1. The maximum Gasteiger partial charge on any atom is 0.115 e. The molecule has 155 valence electrons. The van der Waals surface area contributed by atoms with Gasteiger partial charge < -0.3 is 5.11 Å². The predicted molar refractivity (Wildman–Crippen MR) is 126 cm³/mol. The van der Waals surface area contributed by atoms with Crippen molar-refractivity contribution < 1.29 is 25.1 Å². The van der Waals surface area contributed by atoms with Gasteiger partial charge in [0.05, 0.1) is 8.07 Å². The van der Waals surface area contributed by atoms with Crippen LogP contribution in [0.25, 0.3) is 0 Å². The van der Waals surface area contributed by atoms with Crippen molar-refractivity contribution in [3.63, 3.8) is 0 Å². The molecule has 0 saturated carbocycles. The topological polar surface area (TPSA) is 20.2 Å². The van der Waals surface area contributed by atoms with Crippen LogP contribution < -0.4 is 5.19 Å². The van der Waals surface area contributed by atoms with E-state index >= 15 is 0 Å². The number of aryl methyl sites for hydroxylation is 1. The third-order valence-electron chi connectivity index (χ3n) is 5.16. The zero-order valence-electron chi connectivity index (χ0n) is 20.0. The number of phenolic OH excluding ortho intramolecular Hbond substituents is 1. The molecule has 0 atom stereocenters. The van der Waals surface area contributed by atoms with Crippen LogP contribution in [0.15, 0.2) is 35.9 Å². The Kier molecular flexibility index (Phi) is 10.6. The standard InChI is InChI=1S/C13H22OSi.C9H13.C3H6.Ti/c1-10-7-11(14)9-12(8-10)15(5,6)13(2,3)4;1-9(2,3)8-6-4-5-7-8;1-3-2;/h7-9,14H,1-6H3;4,6H,5H2,1-3H3;1-2H3;/q;-1;;+1. The molecule has 0 fully saturated rings. The first-order chi connectivity index (χ1) is 12.5. The Morgan fingerprint density at radius 1 is 1.04 bits per heavy atom. The van der Waals surface area contributed by atoms with Crippen molar-refractivity contribution in [2.75, 3.05) is 0 Å². The van der Waals surface area contributed by atoms with E-state index in [-0.39, 0.29) is 0 Å². The fourth-order valence-corrected chi connectivity index (χ4v) is 4.44. The van der Waals surface area contributed by atoms with Crippen LogP contribution in [0, 0.1) is 18.4 Å². The van der Waals surface area contributed by atoms with E-state index in [9.17, 15) is 5.11 Å². The second kappa shape index (κ2) is 10.9. The Labute approximate surface area is 187 Å². The summed E-state index contributed by atoms with van der Waals surface area (Å²) in [4.78, 5) is 0. The Morgan fingerprint density at radius 2 is 1.54 bits per heavy atom. The summed E-state index contributed by atoms with van der Waals surface area (Å²) in [5.74, 6) is 0.398. The van der Waals surface area contributed by atoms with Crippen LogP contribution in [0.4, 0.5) is 0 Å². The first kappa shape index (κ1) is 27.3. The molecule has 1 aliphatic carbocycles. The number of benzene rings is 1. The first-order valence-electron chi connectivity index (χ1n) is 10.1. The van der Waals surface area contributed by atoms with E-state index in [0.29, 0.717) is 16.2 Å². The van der Waals surface area contributed by atoms with E-state index in [1.807, 2.05) is 19.1 Å². The van der Waals surface area contributed by atoms with Crippen molar-refractivity contribution >= 4 is 17.1 Å². The van der Waals surface area contributed by atoms with E-state index in [4.69, 9.17) is 0 Å². The smallest absolute Gasteiger partial charge is 0.115 e. The molecule has 3 heteroatoms. The summed E-state index contributed by atoms with van der Waals surface area (Å²) in [6, 6.07) is 5.97. The van der Waals surface area contributed by atoms with Gasteiger partial charge in [-0.2, -0.15) is 6.08 Å². The Morgan fingerprint density at radius 3 is 1.82 bits per heavy atom. The van der Waals surface area contributed by atoms with Crippen LogP contribution in [0.3, 0.4) is 0 Å². The van der Waals surface area contributed by atoms with E-state index < -0.39 is 8.07 Å². The molecule has 0 spiro atoms. The monoisotopic (exact) mass is 433 g/mol. The molecule has 0 aliphatic heterocycles. The van der Waals surface area contributed by atoms with Crippen LogP contribution in [0.2, 0.25) is 18.1 Å². The zero-order chi connectivity index (χ0) is 22.3. The van der Waals surface area contributed by atoms with Gasteiger partial charge in [0, 0.05) is 0 Å². The SMILES string of the molecule is CC(C)(C)C1=[C-]CC=C1.C[C](C)=[Ti+].Cc1cc(O)cc([Si](C)(C)C(C)(C)C)c1. The van der Waals surface area contributed by atoms with Crippen LogP contribution in [0.5, 0.6) is 5.75 Å². The zero-order valence-corrected chi connectivity index (χ0v) is 22.6. The van der Waals surface area contributed by atoms with Gasteiger partial charge >= 0.3 is 37.6 Å². The van der Waals surface area contributed by atoms with Gasteiger partial charge in [-0.15, -0.1) is 6.42 Å². The molecule has 1 aromatic carbocycles. The van der Waals surface area contributed by atoms with Crippen LogP contribution in [0.1, 0.15) is 67.4 Å². The van der Waals surface area contributed by atoms with Gasteiger partial charge in [-0.05, 0) is 35.1 Å². The van der Waals surface area contributed by atoms with Gasteiger partial charge in [-0.1, -0.05) is 65.9 Å². The number of aromatic hydroxyl groups is 1. The van der Waals surface area contributed by atoms with E-state index in [0.717, 1.165) is 12.0 Å². The Balaban J connectivity index is 0.000000473. The molecule has 0 heterocycles. The molecule has 1 aliphatic rings. The normalized spacial score (nSPS) is 13.8. The van der Waals surface area contributed by atoms with Crippen LogP contribution in [-0.2, 0) is 20.0 Å². The molecular formula is C25H41OSiTi. The fraction of sp³-hybridized carbons (Fsp3) is 0.560. The van der Waals surface area contributed by atoms with Crippen molar-refractivity contribution in [2.45, 2.75) is 86.9 Å². The molecule has 0 amide bonds. The quantitative estimate of drug-likeness (QED) is 0.378. The third kappa shape index (κ3) is 9.67. The third-order valence-corrected chi connectivity index (χ3v) is 10.6. The van der Waals surface area contributed by atoms with Gasteiger partial charge in [-0.3, -0.25) is 6.08 Å². The van der Waals surface area contributed by atoms with Crippen molar-refractivity contribution in [3.8, 4) is 5.75 Å². The Hall–Kier alpha value is -0.699. The summed E-state index contributed by atoms with van der Waals surface area (Å²) in [5, 5.41) is 11.3. The molecule has 2 rings (SSSR count). The average Bonchev–Trinajstić information content (AvgIpc) is 2.99. The second-order valence-electron chi connectivity index (χ2n) is 10.4. The number of allylic oxidation sites excluding steroid dienone is 4. The molecule has 0 aromatic heterocycles. The van der Waals surface area contributed by atoms with Crippen molar-refractivity contribution in [1.29, 1.82) is 0 Å². The van der Waals surface area contributed by atoms with Gasteiger partial charge in [0.2, 0.25) is 0 Å². The number of hydrogen-bond donors (Lipinski definition) is 1. The average molecular weight is 434 g/mol. The Bertz CT molecular complexity index is 689. The molecule has 0 unspecified atom stereocenters. The maximum atomic E-state index is 9.65. The predicted octanol–water partition coefficient (Wildman–Crippen LogP) is 6.88.